The van der Waals surface area contributed by atoms with E-state index in [4.69, 9.17) is 0 Å². The van der Waals surface area contributed by atoms with Gasteiger partial charge in [-0.25, -0.2) is 0 Å². The molecule has 0 N–H and O–H groups in total. The maximum atomic E-state index is 12.6. The summed E-state index contributed by atoms with van der Waals surface area (Å²) in [5, 5.41) is 0. The smallest absolute Gasteiger partial charge is 0.233 e. The molecule has 0 bridgehead atoms. The molecule has 1 heterocycles. The topological polar surface area (TPSA) is 20.3 Å². The molecule has 2 aliphatic rings. The molecule has 3 unspecified atom stereocenters. The molecule has 1 aliphatic heterocycles. The van der Waals surface area contributed by atoms with E-state index in [2.05, 4.69) is 24.0 Å². The second kappa shape index (κ2) is 6.21. The van der Waals surface area contributed by atoms with Gasteiger partial charge in [0.25, 0.3) is 0 Å². The van der Waals surface area contributed by atoms with Gasteiger partial charge < -0.3 is 4.90 Å². The summed E-state index contributed by atoms with van der Waals surface area (Å²) in [5.41, 5.74) is 0. The van der Waals surface area contributed by atoms with Gasteiger partial charge in [-0.2, -0.15) is 0 Å². The summed E-state index contributed by atoms with van der Waals surface area (Å²) in [6.07, 6.45) is 6.41. The summed E-state index contributed by atoms with van der Waals surface area (Å²) in [6, 6.07) is 11.2. The zero-order valence-corrected chi connectivity index (χ0v) is 12.9. The Morgan fingerprint density at radius 3 is 2.80 bits per heavy atom. The van der Waals surface area contributed by atoms with Gasteiger partial charge in [0.15, 0.2) is 0 Å². The van der Waals surface area contributed by atoms with E-state index in [1.165, 1.54) is 37.0 Å². The minimum atomic E-state index is 0.334. The van der Waals surface area contributed by atoms with Crippen LogP contribution in [0.5, 0.6) is 0 Å². The third-order valence-corrected chi connectivity index (χ3v) is 5.74. The number of amides is 1. The van der Waals surface area contributed by atoms with E-state index in [9.17, 15) is 4.79 Å². The van der Waals surface area contributed by atoms with Crippen molar-refractivity contribution in [3.63, 3.8) is 0 Å². The maximum absolute atomic E-state index is 12.6. The van der Waals surface area contributed by atoms with E-state index in [1.807, 2.05) is 18.2 Å². The average Bonchev–Trinajstić information content (AvgIpc) is 2.82. The number of likely N-dealkylation sites (tertiary alicyclic amines) is 1. The predicted molar refractivity (Wildman–Crippen MR) is 83.8 cm³/mol. The van der Waals surface area contributed by atoms with Crippen molar-refractivity contribution in [2.24, 2.45) is 5.92 Å². The summed E-state index contributed by atoms with van der Waals surface area (Å²) >= 11 is 1.67. The highest BCUT2D eigenvalue weighted by molar-refractivity contribution is 8.00. The van der Waals surface area contributed by atoms with Gasteiger partial charge in [0.05, 0.1) is 5.75 Å². The number of benzene rings is 1. The molecule has 1 amide bonds. The van der Waals surface area contributed by atoms with E-state index in [-0.39, 0.29) is 0 Å². The van der Waals surface area contributed by atoms with Crippen LogP contribution in [-0.2, 0) is 4.79 Å². The molecule has 0 radical (unpaired) electrons. The van der Waals surface area contributed by atoms with Gasteiger partial charge in [-0.15, -0.1) is 11.8 Å². The number of hydrogen-bond acceptors (Lipinski definition) is 2. The fraction of sp³-hybridized carbons (Fsp3) is 0.588. The van der Waals surface area contributed by atoms with Gasteiger partial charge >= 0.3 is 0 Å². The Hall–Kier alpha value is -0.960. The van der Waals surface area contributed by atoms with Crippen LogP contribution in [0, 0.1) is 5.92 Å². The van der Waals surface area contributed by atoms with Gasteiger partial charge in [-0.05, 0) is 44.2 Å². The quantitative estimate of drug-likeness (QED) is 0.785. The lowest BCUT2D eigenvalue weighted by molar-refractivity contribution is -0.131. The van der Waals surface area contributed by atoms with Crippen LogP contribution in [0.4, 0.5) is 0 Å². The van der Waals surface area contributed by atoms with Crippen molar-refractivity contribution in [2.45, 2.75) is 56.0 Å². The van der Waals surface area contributed by atoms with E-state index < -0.39 is 0 Å². The highest BCUT2D eigenvalue weighted by atomic mass is 32.2. The van der Waals surface area contributed by atoms with Crippen molar-refractivity contribution in [1.82, 2.24) is 4.90 Å². The van der Waals surface area contributed by atoms with E-state index in [0.29, 0.717) is 23.7 Å². The fourth-order valence-corrected chi connectivity index (χ4v) is 4.66. The number of thioether (sulfide) groups is 1. The van der Waals surface area contributed by atoms with Crippen LogP contribution in [0.15, 0.2) is 35.2 Å². The van der Waals surface area contributed by atoms with E-state index in [0.717, 1.165) is 5.92 Å². The van der Waals surface area contributed by atoms with E-state index >= 15 is 0 Å². The Balaban J connectivity index is 1.61. The molecule has 2 nitrogen and oxygen atoms in total. The molecule has 0 spiro atoms. The third kappa shape index (κ3) is 2.88. The molecular formula is C17H23NOS. The molecule has 1 aromatic rings. The first-order valence-electron chi connectivity index (χ1n) is 7.74. The van der Waals surface area contributed by atoms with Crippen LogP contribution >= 0.6 is 11.8 Å². The van der Waals surface area contributed by atoms with Gasteiger partial charge in [0, 0.05) is 17.0 Å². The predicted octanol–water partition coefficient (Wildman–Crippen LogP) is 3.96. The molecule has 3 rings (SSSR count). The number of carbonyl (C=O) groups is 1. The van der Waals surface area contributed by atoms with Crippen molar-refractivity contribution in [2.75, 3.05) is 5.75 Å². The van der Waals surface area contributed by atoms with Crippen molar-refractivity contribution in [3.05, 3.63) is 30.3 Å². The molecule has 1 saturated heterocycles. The van der Waals surface area contributed by atoms with Gasteiger partial charge in [0.2, 0.25) is 5.91 Å². The van der Waals surface area contributed by atoms with Crippen LogP contribution < -0.4 is 0 Å². The lowest BCUT2D eigenvalue weighted by Crippen LogP contribution is -2.43. The lowest BCUT2D eigenvalue weighted by Gasteiger charge is -2.33. The van der Waals surface area contributed by atoms with Crippen LogP contribution in [0.3, 0.4) is 0 Å². The number of hydrogen-bond donors (Lipinski definition) is 0. The van der Waals surface area contributed by atoms with Gasteiger partial charge in [-0.1, -0.05) is 31.0 Å². The molecular weight excluding hydrogens is 266 g/mol. The first-order valence-corrected chi connectivity index (χ1v) is 8.73. The van der Waals surface area contributed by atoms with Crippen molar-refractivity contribution >= 4 is 17.7 Å². The molecule has 0 aromatic heterocycles. The van der Waals surface area contributed by atoms with Crippen LogP contribution in [-0.4, -0.2) is 28.6 Å². The minimum Gasteiger partial charge on any atom is -0.336 e. The molecule has 1 saturated carbocycles. The monoisotopic (exact) mass is 289 g/mol. The summed E-state index contributed by atoms with van der Waals surface area (Å²) in [5.74, 6) is 1.68. The molecule has 3 atom stereocenters. The van der Waals surface area contributed by atoms with Crippen molar-refractivity contribution in [1.29, 1.82) is 0 Å². The first kappa shape index (κ1) is 14.0. The second-order valence-electron chi connectivity index (χ2n) is 6.10. The summed E-state index contributed by atoms with van der Waals surface area (Å²) < 4.78 is 0. The second-order valence-corrected chi connectivity index (χ2v) is 7.15. The highest BCUT2D eigenvalue weighted by Gasteiger charge is 2.42. The molecule has 1 aromatic carbocycles. The third-order valence-electron chi connectivity index (χ3n) is 4.74. The van der Waals surface area contributed by atoms with Crippen molar-refractivity contribution < 1.29 is 4.79 Å². The molecule has 20 heavy (non-hydrogen) atoms. The Morgan fingerprint density at radius 1 is 1.25 bits per heavy atom. The minimum absolute atomic E-state index is 0.334. The maximum Gasteiger partial charge on any atom is 0.233 e. The number of carbonyl (C=O) groups excluding carboxylic acids is 1. The summed E-state index contributed by atoms with van der Waals surface area (Å²) in [4.78, 5) is 16.0. The van der Waals surface area contributed by atoms with Gasteiger partial charge in [0.1, 0.15) is 0 Å². The summed E-state index contributed by atoms with van der Waals surface area (Å²) in [6.45, 7) is 2.23. The largest absolute Gasteiger partial charge is 0.336 e. The highest BCUT2D eigenvalue weighted by Crippen LogP contribution is 2.39. The Bertz CT molecular complexity index is 461. The Morgan fingerprint density at radius 2 is 2.00 bits per heavy atom. The average molecular weight is 289 g/mol. The molecule has 108 valence electrons. The fourth-order valence-electron chi connectivity index (χ4n) is 3.87. The number of rotatable bonds is 3. The Kier molecular flexibility index (Phi) is 4.35. The van der Waals surface area contributed by atoms with Crippen LogP contribution in [0.1, 0.15) is 39.0 Å². The first-order chi connectivity index (χ1) is 9.75. The number of nitrogens with zero attached hydrogens (tertiary/aromatic N) is 1. The number of fused-ring (bicyclic) bond motifs is 1. The normalized spacial score (nSPS) is 29.2. The van der Waals surface area contributed by atoms with Gasteiger partial charge in [-0.3, -0.25) is 4.79 Å². The standard InChI is InChI=1S/C17H23NOS/c1-13-11-14-7-5-6-10-16(14)18(13)17(19)12-20-15-8-3-2-4-9-15/h2-4,8-9,13-14,16H,5-7,10-12H2,1H3. The SMILES string of the molecule is CC1CC2CCCCC2N1C(=O)CSc1ccccc1. The van der Waals surface area contributed by atoms with Crippen LogP contribution in [0.25, 0.3) is 0 Å². The van der Waals surface area contributed by atoms with E-state index in [1.54, 1.807) is 11.8 Å². The summed E-state index contributed by atoms with van der Waals surface area (Å²) in [7, 11) is 0. The Labute approximate surface area is 125 Å². The van der Waals surface area contributed by atoms with Crippen molar-refractivity contribution in [3.8, 4) is 0 Å². The van der Waals surface area contributed by atoms with Crippen LogP contribution in [0.2, 0.25) is 0 Å². The zero-order chi connectivity index (χ0) is 13.9. The molecule has 1 aliphatic carbocycles. The lowest BCUT2D eigenvalue weighted by atomic mass is 9.85. The molecule has 2 fully saturated rings. The molecule has 3 heteroatoms. The zero-order valence-electron chi connectivity index (χ0n) is 12.1.